The van der Waals surface area contributed by atoms with Gasteiger partial charge >= 0.3 is 5.76 Å². The number of hydrogen-bond acceptors (Lipinski definition) is 3. The van der Waals surface area contributed by atoms with E-state index in [2.05, 4.69) is 0 Å². The standard InChI is InChI=1S/C5H12F2N2O2S/c1-9(4-2-3-8)12(10,11)5(6)7/h5H,2-4,8H2,1H3. The average Bonchev–Trinajstić information content (AvgIpc) is 1.99. The van der Waals surface area contributed by atoms with E-state index in [1.807, 2.05) is 0 Å². The zero-order valence-corrected chi connectivity index (χ0v) is 7.52. The van der Waals surface area contributed by atoms with Gasteiger partial charge in [0.05, 0.1) is 0 Å². The van der Waals surface area contributed by atoms with Crippen LogP contribution in [0, 0.1) is 0 Å². The summed E-state index contributed by atoms with van der Waals surface area (Å²) in [6, 6.07) is 0. The molecule has 0 spiro atoms. The fraction of sp³-hybridized carbons (Fsp3) is 1.00. The molecule has 0 heterocycles. The number of nitrogens with zero attached hydrogens (tertiary/aromatic N) is 1. The summed E-state index contributed by atoms with van der Waals surface area (Å²) in [6.45, 7) is 0.312. The van der Waals surface area contributed by atoms with Crippen molar-refractivity contribution in [1.82, 2.24) is 4.31 Å². The topological polar surface area (TPSA) is 63.4 Å². The molecule has 4 nitrogen and oxygen atoms in total. The maximum absolute atomic E-state index is 11.8. The molecular weight excluding hydrogens is 190 g/mol. The summed E-state index contributed by atoms with van der Waals surface area (Å²) < 4.78 is 45.6. The van der Waals surface area contributed by atoms with Crippen LogP contribution < -0.4 is 5.73 Å². The first kappa shape index (κ1) is 11.7. The summed E-state index contributed by atoms with van der Waals surface area (Å²) in [7, 11) is -3.30. The average molecular weight is 202 g/mol. The second-order valence-corrected chi connectivity index (χ2v) is 4.28. The summed E-state index contributed by atoms with van der Waals surface area (Å²) >= 11 is 0. The van der Waals surface area contributed by atoms with E-state index in [-0.39, 0.29) is 13.1 Å². The number of rotatable bonds is 5. The first-order chi connectivity index (χ1) is 5.42. The monoisotopic (exact) mass is 202 g/mol. The molecule has 0 rings (SSSR count). The van der Waals surface area contributed by atoms with Crippen LogP contribution in [0.15, 0.2) is 0 Å². The minimum atomic E-state index is -4.40. The zero-order chi connectivity index (χ0) is 9.78. The van der Waals surface area contributed by atoms with E-state index in [9.17, 15) is 17.2 Å². The lowest BCUT2D eigenvalue weighted by Gasteiger charge is -2.15. The molecule has 0 amide bonds. The maximum Gasteiger partial charge on any atom is 0.350 e. The molecule has 74 valence electrons. The molecule has 0 aromatic carbocycles. The van der Waals surface area contributed by atoms with Gasteiger partial charge in [0, 0.05) is 13.6 Å². The maximum atomic E-state index is 11.8. The molecule has 12 heavy (non-hydrogen) atoms. The van der Waals surface area contributed by atoms with Gasteiger partial charge in [-0.05, 0) is 13.0 Å². The number of sulfonamides is 1. The van der Waals surface area contributed by atoms with Crippen molar-refractivity contribution in [1.29, 1.82) is 0 Å². The molecule has 0 aromatic heterocycles. The van der Waals surface area contributed by atoms with Gasteiger partial charge < -0.3 is 5.73 Å². The highest BCUT2D eigenvalue weighted by Crippen LogP contribution is 2.09. The quantitative estimate of drug-likeness (QED) is 0.672. The van der Waals surface area contributed by atoms with Crippen LogP contribution in [0.3, 0.4) is 0 Å². The minimum absolute atomic E-state index is 0.0309. The summed E-state index contributed by atoms with van der Waals surface area (Å²) in [5.74, 6) is -3.35. The lowest BCUT2D eigenvalue weighted by Crippen LogP contribution is -2.33. The Morgan fingerprint density at radius 3 is 2.33 bits per heavy atom. The minimum Gasteiger partial charge on any atom is -0.330 e. The van der Waals surface area contributed by atoms with Crippen LogP contribution in [0.5, 0.6) is 0 Å². The SMILES string of the molecule is CN(CCCN)S(=O)(=O)C(F)F. The lowest BCUT2D eigenvalue weighted by molar-refractivity contribution is 0.222. The van der Waals surface area contributed by atoms with Crippen molar-refractivity contribution in [3.63, 3.8) is 0 Å². The van der Waals surface area contributed by atoms with Crippen LogP contribution in [0.4, 0.5) is 8.78 Å². The first-order valence-corrected chi connectivity index (χ1v) is 4.86. The number of halogens is 2. The Hall–Kier alpha value is -0.270. The summed E-state index contributed by atoms with van der Waals surface area (Å²) in [5.41, 5.74) is 5.09. The number of alkyl halides is 2. The molecule has 7 heteroatoms. The van der Waals surface area contributed by atoms with Gasteiger partial charge in [0.1, 0.15) is 0 Å². The fourth-order valence-corrected chi connectivity index (χ4v) is 1.23. The van der Waals surface area contributed by atoms with Crippen LogP contribution in [-0.2, 0) is 10.0 Å². The smallest absolute Gasteiger partial charge is 0.330 e. The highest BCUT2D eigenvalue weighted by molar-refractivity contribution is 7.89. The molecule has 0 fully saturated rings. The third-order valence-electron chi connectivity index (χ3n) is 1.34. The molecule has 2 N–H and O–H groups in total. The van der Waals surface area contributed by atoms with E-state index >= 15 is 0 Å². The molecule has 0 radical (unpaired) electrons. The van der Waals surface area contributed by atoms with Gasteiger partial charge in [-0.2, -0.15) is 8.78 Å². The Labute approximate surface area is 70.4 Å². The predicted octanol–water partition coefficient (Wildman–Crippen LogP) is -0.181. The van der Waals surface area contributed by atoms with Crippen molar-refractivity contribution < 1.29 is 17.2 Å². The van der Waals surface area contributed by atoms with E-state index in [1.54, 1.807) is 0 Å². The second kappa shape index (κ2) is 4.68. The highest BCUT2D eigenvalue weighted by atomic mass is 32.2. The van der Waals surface area contributed by atoms with E-state index in [0.29, 0.717) is 10.7 Å². The van der Waals surface area contributed by atoms with Gasteiger partial charge in [-0.3, -0.25) is 0 Å². The predicted molar refractivity (Wildman–Crippen MR) is 41.2 cm³/mol. The van der Waals surface area contributed by atoms with Gasteiger partial charge in [-0.25, -0.2) is 12.7 Å². The van der Waals surface area contributed by atoms with E-state index in [4.69, 9.17) is 5.73 Å². The number of hydrogen-bond donors (Lipinski definition) is 1. The van der Waals surface area contributed by atoms with Gasteiger partial charge in [-0.15, -0.1) is 0 Å². The van der Waals surface area contributed by atoms with Crippen molar-refractivity contribution >= 4 is 10.0 Å². The Kier molecular flexibility index (Phi) is 4.58. The first-order valence-electron chi connectivity index (χ1n) is 3.36. The zero-order valence-electron chi connectivity index (χ0n) is 6.70. The van der Waals surface area contributed by atoms with Crippen molar-refractivity contribution in [3.05, 3.63) is 0 Å². The summed E-state index contributed by atoms with van der Waals surface area (Å²) in [5, 5.41) is 0. The molecular formula is C5H12F2N2O2S. The van der Waals surface area contributed by atoms with Gasteiger partial charge in [0.2, 0.25) is 0 Å². The molecule has 0 saturated heterocycles. The second-order valence-electron chi connectivity index (χ2n) is 2.27. The van der Waals surface area contributed by atoms with E-state index < -0.39 is 15.8 Å². The van der Waals surface area contributed by atoms with Crippen molar-refractivity contribution in [2.75, 3.05) is 20.1 Å². The molecule has 0 aromatic rings. The Morgan fingerprint density at radius 2 is 2.00 bits per heavy atom. The molecule has 0 unspecified atom stereocenters. The molecule has 0 aliphatic heterocycles. The summed E-state index contributed by atoms with van der Waals surface area (Å²) in [6.07, 6.45) is 0.377. The summed E-state index contributed by atoms with van der Waals surface area (Å²) in [4.78, 5) is 0. The molecule has 0 aliphatic rings. The highest BCUT2D eigenvalue weighted by Gasteiger charge is 2.28. The van der Waals surface area contributed by atoms with Crippen LogP contribution in [0.25, 0.3) is 0 Å². The largest absolute Gasteiger partial charge is 0.350 e. The Morgan fingerprint density at radius 1 is 1.50 bits per heavy atom. The van der Waals surface area contributed by atoms with Crippen LogP contribution in [0.2, 0.25) is 0 Å². The molecule has 0 aliphatic carbocycles. The Balaban J connectivity index is 4.17. The van der Waals surface area contributed by atoms with Crippen LogP contribution >= 0.6 is 0 Å². The van der Waals surface area contributed by atoms with Crippen LogP contribution in [-0.4, -0.2) is 38.6 Å². The van der Waals surface area contributed by atoms with Gasteiger partial charge in [0.25, 0.3) is 10.0 Å². The van der Waals surface area contributed by atoms with Gasteiger partial charge in [0.15, 0.2) is 0 Å². The van der Waals surface area contributed by atoms with Crippen molar-refractivity contribution in [2.45, 2.75) is 12.2 Å². The van der Waals surface area contributed by atoms with Crippen molar-refractivity contribution in [3.8, 4) is 0 Å². The van der Waals surface area contributed by atoms with Crippen LogP contribution in [0.1, 0.15) is 6.42 Å². The number of nitrogens with two attached hydrogens (primary N) is 1. The van der Waals surface area contributed by atoms with E-state index in [0.717, 1.165) is 7.05 Å². The lowest BCUT2D eigenvalue weighted by atomic mass is 10.4. The third kappa shape index (κ3) is 3.00. The third-order valence-corrected chi connectivity index (χ3v) is 2.84. The van der Waals surface area contributed by atoms with Gasteiger partial charge in [-0.1, -0.05) is 0 Å². The van der Waals surface area contributed by atoms with Crippen molar-refractivity contribution in [2.24, 2.45) is 5.73 Å². The normalized spacial score (nSPS) is 12.8. The molecule has 0 saturated carbocycles. The fourth-order valence-electron chi connectivity index (χ4n) is 0.577. The molecule has 0 bridgehead atoms. The Bertz CT molecular complexity index is 217. The molecule has 0 atom stereocenters. The van der Waals surface area contributed by atoms with E-state index in [1.165, 1.54) is 0 Å².